The first-order valence-corrected chi connectivity index (χ1v) is 8.57. The molecule has 0 aliphatic rings. The zero-order chi connectivity index (χ0) is 15.4. The number of nitrogens with one attached hydrogen (secondary N) is 1. The van der Waals surface area contributed by atoms with Crippen LogP contribution in [0.3, 0.4) is 0 Å². The second kappa shape index (κ2) is 7.63. The van der Waals surface area contributed by atoms with E-state index in [1.54, 1.807) is 0 Å². The highest BCUT2D eigenvalue weighted by molar-refractivity contribution is 9.10. The van der Waals surface area contributed by atoms with Crippen LogP contribution in [0.15, 0.2) is 45.3 Å². The molecular weight excluding hydrogens is 417 g/mol. The second-order valence-electron chi connectivity index (χ2n) is 4.96. The van der Waals surface area contributed by atoms with Crippen LogP contribution in [0, 0.1) is 0 Å². The van der Waals surface area contributed by atoms with E-state index < -0.39 is 0 Å². The van der Waals surface area contributed by atoms with Gasteiger partial charge in [-0.2, -0.15) is 0 Å². The highest BCUT2D eigenvalue weighted by Gasteiger charge is 2.09. The molecule has 2 rings (SSSR count). The minimum Gasteiger partial charge on any atom is -0.456 e. The quantitative estimate of drug-likeness (QED) is 0.610. The Morgan fingerprint density at radius 3 is 2.52 bits per heavy atom. The van der Waals surface area contributed by atoms with Crippen LogP contribution in [0.5, 0.6) is 11.5 Å². The highest BCUT2D eigenvalue weighted by Crippen LogP contribution is 2.34. The van der Waals surface area contributed by atoms with Gasteiger partial charge >= 0.3 is 0 Å². The Balaban J connectivity index is 2.27. The van der Waals surface area contributed by atoms with Gasteiger partial charge in [-0.3, -0.25) is 0 Å². The van der Waals surface area contributed by atoms with E-state index >= 15 is 0 Å². The van der Waals surface area contributed by atoms with E-state index in [0.717, 1.165) is 32.6 Å². The molecule has 2 aromatic carbocycles. The van der Waals surface area contributed by atoms with Gasteiger partial charge in [-0.05, 0) is 46.3 Å². The lowest BCUT2D eigenvalue weighted by atomic mass is 10.2. The molecule has 0 aromatic heterocycles. The van der Waals surface area contributed by atoms with E-state index in [1.165, 1.54) is 0 Å². The molecule has 0 fully saturated rings. The lowest BCUT2D eigenvalue weighted by molar-refractivity contribution is 0.466. The van der Waals surface area contributed by atoms with E-state index in [2.05, 4.69) is 57.1 Å². The summed E-state index contributed by atoms with van der Waals surface area (Å²) in [4.78, 5) is 0. The van der Waals surface area contributed by atoms with Gasteiger partial charge in [0.05, 0.1) is 4.47 Å². The summed E-state index contributed by atoms with van der Waals surface area (Å²) < 4.78 is 7.85. The third-order valence-electron chi connectivity index (χ3n) is 2.84. The van der Waals surface area contributed by atoms with Crippen molar-refractivity contribution in [3.05, 3.63) is 55.9 Å². The fourth-order valence-corrected chi connectivity index (χ4v) is 2.86. The number of ether oxygens (including phenoxy) is 1. The Bertz CT molecular complexity index is 632. The summed E-state index contributed by atoms with van der Waals surface area (Å²) in [6.07, 6.45) is 0. The molecule has 2 nitrogen and oxygen atoms in total. The van der Waals surface area contributed by atoms with Gasteiger partial charge in [0.15, 0.2) is 0 Å². The largest absolute Gasteiger partial charge is 0.456 e. The number of rotatable bonds is 5. The molecule has 21 heavy (non-hydrogen) atoms. The van der Waals surface area contributed by atoms with Crippen molar-refractivity contribution in [1.82, 2.24) is 5.32 Å². The zero-order valence-corrected chi connectivity index (χ0v) is 15.7. The summed E-state index contributed by atoms with van der Waals surface area (Å²) >= 11 is 12.9. The molecule has 5 heteroatoms. The molecule has 112 valence electrons. The third kappa shape index (κ3) is 4.99. The lowest BCUT2D eigenvalue weighted by Gasteiger charge is -2.15. The van der Waals surface area contributed by atoms with Gasteiger partial charge in [-0.15, -0.1) is 0 Å². The van der Waals surface area contributed by atoms with Crippen LogP contribution in [0.1, 0.15) is 19.4 Å². The minimum absolute atomic E-state index is 0.420. The van der Waals surface area contributed by atoms with Gasteiger partial charge in [-0.25, -0.2) is 0 Å². The van der Waals surface area contributed by atoms with Crippen LogP contribution in [0.25, 0.3) is 0 Å². The van der Waals surface area contributed by atoms with E-state index in [0.29, 0.717) is 11.1 Å². The maximum atomic E-state index is 6.03. The summed E-state index contributed by atoms with van der Waals surface area (Å²) in [7, 11) is 0. The third-order valence-corrected chi connectivity index (χ3v) is 4.19. The number of hydrogen-bond donors (Lipinski definition) is 1. The lowest BCUT2D eigenvalue weighted by Crippen LogP contribution is -2.22. The van der Waals surface area contributed by atoms with Crippen LogP contribution in [-0.2, 0) is 6.54 Å². The van der Waals surface area contributed by atoms with Gasteiger partial charge < -0.3 is 10.1 Å². The molecule has 0 saturated heterocycles. The molecule has 0 heterocycles. The van der Waals surface area contributed by atoms with Crippen LogP contribution in [-0.4, -0.2) is 6.04 Å². The smallest absolute Gasteiger partial charge is 0.141 e. The number of hydrogen-bond acceptors (Lipinski definition) is 2. The Labute approximate surface area is 147 Å². The fraction of sp³-hybridized carbons (Fsp3) is 0.250. The van der Waals surface area contributed by atoms with Gasteiger partial charge in [0, 0.05) is 27.6 Å². The van der Waals surface area contributed by atoms with Crippen molar-refractivity contribution in [2.24, 2.45) is 0 Å². The first kappa shape index (κ1) is 16.8. The summed E-state index contributed by atoms with van der Waals surface area (Å²) in [5.41, 5.74) is 1.11. The predicted octanol–water partition coefficient (Wildman–Crippen LogP) is 6.16. The van der Waals surface area contributed by atoms with Gasteiger partial charge in [0.1, 0.15) is 11.5 Å². The normalized spacial score (nSPS) is 11.0. The van der Waals surface area contributed by atoms with Crippen molar-refractivity contribution >= 4 is 43.5 Å². The van der Waals surface area contributed by atoms with E-state index in [-0.39, 0.29) is 0 Å². The molecule has 0 amide bonds. The van der Waals surface area contributed by atoms with Crippen molar-refractivity contribution in [2.45, 2.75) is 26.4 Å². The van der Waals surface area contributed by atoms with Crippen LogP contribution < -0.4 is 10.1 Å². The molecular formula is C16H16Br2ClNO. The molecule has 0 saturated carbocycles. The Morgan fingerprint density at radius 1 is 1.10 bits per heavy atom. The average Bonchev–Trinajstić information content (AvgIpc) is 2.41. The molecule has 1 N–H and O–H groups in total. The summed E-state index contributed by atoms with van der Waals surface area (Å²) in [6.45, 7) is 5.00. The standard InChI is InChI=1S/C16H16Br2ClNO/c1-10(2)20-9-11-3-4-12(17)7-16(11)21-15-6-5-13(19)8-14(15)18/h3-8,10,20H,9H2,1-2H3. The highest BCUT2D eigenvalue weighted by atomic mass is 79.9. The van der Waals surface area contributed by atoms with Crippen molar-refractivity contribution in [3.8, 4) is 11.5 Å². The average molecular weight is 434 g/mol. The van der Waals surface area contributed by atoms with Gasteiger partial charge in [-0.1, -0.05) is 47.4 Å². The molecule has 0 spiro atoms. The Kier molecular flexibility index (Phi) is 6.11. The molecule has 0 unspecified atom stereocenters. The fourth-order valence-electron chi connectivity index (χ4n) is 1.76. The topological polar surface area (TPSA) is 21.3 Å². The monoisotopic (exact) mass is 431 g/mol. The summed E-state index contributed by atoms with van der Waals surface area (Å²) in [5, 5.41) is 4.07. The maximum absolute atomic E-state index is 6.03. The summed E-state index contributed by atoms with van der Waals surface area (Å²) in [5.74, 6) is 1.56. The molecule has 0 radical (unpaired) electrons. The number of halogens is 3. The van der Waals surface area contributed by atoms with Crippen LogP contribution >= 0.6 is 43.5 Å². The zero-order valence-electron chi connectivity index (χ0n) is 11.8. The van der Waals surface area contributed by atoms with Crippen molar-refractivity contribution in [3.63, 3.8) is 0 Å². The van der Waals surface area contributed by atoms with E-state index in [4.69, 9.17) is 16.3 Å². The Hall–Kier alpha value is -0.550. The minimum atomic E-state index is 0.420. The number of benzene rings is 2. The SMILES string of the molecule is CC(C)NCc1ccc(Br)cc1Oc1ccc(Cl)cc1Br. The molecule has 0 aliphatic carbocycles. The molecule has 2 aromatic rings. The molecule has 0 atom stereocenters. The van der Waals surface area contributed by atoms with Crippen LogP contribution in [0.2, 0.25) is 5.02 Å². The molecule has 0 bridgehead atoms. The van der Waals surface area contributed by atoms with E-state index in [9.17, 15) is 0 Å². The van der Waals surface area contributed by atoms with Crippen molar-refractivity contribution in [1.29, 1.82) is 0 Å². The van der Waals surface area contributed by atoms with Gasteiger partial charge in [0.2, 0.25) is 0 Å². The molecule has 0 aliphatic heterocycles. The van der Waals surface area contributed by atoms with Crippen molar-refractivity contribution < 1.29 is 4.74 Å². The summed E-state index contributed by atoms with van der Waals surface area (Å²) in [6, 6.07) is 11.9. The predicted molar refractivity (Wildman–Crippen MR) is 95.3 cm³/mol. The Morgan fingerprint density at radius 2 is 1.86 bits per heavy atom. The second-order valence-corrected chi connectivity index (χ2v) is 7.17. The van der Waals surface area contributed by atoms with Gasteiger partial charge in [0.25, 0.3) is 0 Å². The van der Waals surface area contributed by atoms with E-state index in [1.807, 2.05) is 30.3 Å². The first-order chi connectivity index (χ1) is 9.95. The van der Waals surface area contributed by atoms with Crippen LogP contribution in [0.4, 0.5) is 0 Å². The first-order valence-electron chi connectivity index (χ1n) is 6.60. The maximum Gasteiger partial charge on any atom is 0.141 e. The van der Waals surface area contributed by atoms with Crippen molar-refractivity contribution in [2.75, 3.05) is 0 Å².